The van der Waals surface area contributed by atoms with Crippen LogP contribution in [0.1, 0.15) is 25.8 Å². The number of benzene rings is 1. The third kappa shape index (κ3) is 6.49. The zero-order chi connectivity index (χ0) is 22.3. The van der Waals surface area contributed by atoms with E-state index < -0.39 is 60.9 Å². The summed E-state index contributed by atoms with van der Waals surface area (Å²) in [5.41, 5.74) is 0.818. The molecule has 1 aromatic carbocycles. The highest BCUT2D eigenvalue weighted by Gasteiger charge is 2.45. The summed E-state index contributed by atoms with van der Waals surface area (Å²) in [6.07, 6.45) is -5.50. The summed E-state index contributed by atoms with van der Waals surface area (Å²) in [5.74, 6) is -2.39. The summed E-state index contributed by atoms with van der Waals surface area (Å²) in [5, 5.41) is 34.4. The van der Waals surface area contributed by atoms with Crippen molar-refractivity contribution in [3.05, 3.63) is 35.9 Å². The molecule has 1 aliphatic rings. The molecule has 1 heterocycles. The highest BCUT2D eigenvalue weighted by atomic mass is 16.5. The SMILES string of the molecule is CC(=O)NC1C(NC(=O)C[C@H](C)C(=O)OCc2ccccc2)OC(CO)C(O)C1O. The molecule has 10 nitrogen and oxygen atoms in total. The Morgan fingerprint density at radius 2 is 1.80 bits per heavy atom. The van der Waals surface area contributed by atoms with E-state index >= 15 is 0 Å². The van der Waals surface area contributed by atoms with Crippen molar-refractivity contribution in [2.45, 2.75) is 57.5 Å². The Morgan fingerprint density at radius 1 is 1.13 bits per heavy atom. The van der Waals surface area contributed by atoms with E-state index in [2.05, 4.69) is 10.6 Å². The van der Waals surface area contributed by atoms with Crippen LogP contribution in [0.3, 0.4) is 0 Å². The van der Waals surface area contributed by atoms with Crippen LogP contribution < -0.4 is 10.6 Å². The minimum Gasteiger partial charge on any atom is -0.461 e. The van der Waals surface area contributed by atoms with Crippen LogP contribution in [0, 0.1) is 5.92 Å². The van der Waals surface area contributed by atoms with Gasteiger partial charge in [-0.2, -0.15) is 0 Å². The van der Waals surface area contributed by atoms with E-state index in [1.165, 1.54) is 13.8 Å². The molecule has 1 saturated heterocycles. The molecule has 1 fully saturated rings. The highest BCUT2D eigenvalue weighted by Crippen LogP contribution is 2.20. The standard InChI is InChI=1S/C20H28N2O8/c1-11(20(28)29-10-13-6-4-3-5-7-13)8-15(25)22-19-16(21-12(2)24)18(27)17(26)14(9-23)30-19/h3-7,11,14,16-19,23,26-27H,8-10H2,1-2H3,(H,21,24)(H,22,25)/t11-,14?,16?,17?,18?,19?/m0/s1. The van der Waals surface area contributed by atoms with Gasteiger partial charge in [-0.1, -0.05) is 37.3 Å². The third-order valence-corrected chi connectivity index (χ3v) is 4.72. The van der Waals surface area contributed by atoms with Crippen molar-refractivity contribution in [1.82, 2.24) is 10.6 Å². The van der Waals surface area contributed by atoms with Crippen LogP contribution in [0.25, 0.3) is 0 Å². The fourth-order valence-electron chi connectivity index (χ4n) is 3.09. The van der Waals surface area contributed by atoms with Crippen LogP contribution in [0.15, 0.2) is 30.3 Å². The first-order chi connectivity index (χ1) is 14.2. The fourth-order valence-corrected chi connectivity index (χ4v) is 3.09. The molecular weight excluding hydrogens is 396 g/mol. The molecule has 0 spiro atoms. The van der Waals surface area contributed by atoms with Crippen LogP contribution in [-0.4, -0.2) is 70.3 Å². The first kappa shape index (κ1) is 23.7. The van der Waals surface area contributed by atoms with E-state index in [-0.39, 0.29) is 13.0 Å². The van der Waals surface area contributed by atoms with Crippen molar-refractivity contribution in [3.8, 4) is 0 Å². The average Bonchev–Trinajstić information content (AvgIpc) is 2.71. The lowest BCUT2D eigenvalue weighted by Gasteiger charge is -2.42. The molecule has 0 aromatic heterocycles. The zero-order valence-corrected chi connectivity index (χ0v) is 16.9. The zero-order valence-electron chi connectivity index (χ0n) is 16.9. The van der Waals surface area contributed by atoms with Crippen molar-refractivity contribution >= 4 is 17.8 Å². The number of rotatable bonds is 8. The summed E-state index contributed by atoms with van der Waals surface area (Å²) in [6, 6.07) is 7.97. The van der Waals surface area contributed by atoms with Crippen LogP contribution in [-0.2, 0) is 30.5 Å². The van der Waals surface area contributed by atoms with Gasteiger partial charge < -0.3 is 35.4 Å². The van der Waals surface area contributed by atoms with Gasteiger partial charge in [-0.3, -0.25) is 14.4 Å². The number of aliphatic hydroxyl groups is 3. The minimum atomic E-state index is -1.47. The maximum Gasteiger partial charge on any atom is 0.309 e. The molecule has 5 N–H and O–H groups in total. The number of carbonyl (C=O) groups is 3. The Morgan fingerprint density at radius 3 is 2.40 bits per heavy atom. The van der Waals surface area contributed by atoms with Gasteiger partial charge in [0.05, 0.1) is 12.5 Å². The lowest BCUT2D eigenvalue weighted by Crippen LogP contribution is -2.68. The fraction of sp³-hybridized carbons (Fsp3) is 0.550. The Balaban J connectivity index is 1.92. The largest absolute Gasteiger partial charge is 0.461 e. The number of hydrogen-bond donors (Lipinski definition) is 5. The Bertz CT molecular complexity index is 729. The maximum absolute atomic E-state index is 12.4. The van der Waals surface area contributed by atoms with Gasteiger partial charge in [-0.05, 0) is 5.56 Å². The first-order valence-electron chi connectivity index (χ1n) is 9.62. The maximum atomic E-state index is 12.4. The van der Waals surface area contributed by atoms with Crippen molar-refractivity contribution in [2.24, 2.45) is 5.92 Å². The van der Waals surface area contributed by atoms with Gasteiger partial charge in [0.1, 0.15) is 31.0 Å². The molecule has 0 bridgehead atoms. The first-order valence-corrected chi connectivity index (χ1v) is 9.62. The summed E-state index contributed by atoms with van der Waals surface area (Å²) >= 11 is 0. The number of amides is 2. The number of esters is 1. The lowest BCUT2D eigenvalue weighted by molar-refractivity contribution is -0.203. The molecule has 30 heavy (non-hydrogen) atoms. The summed E-state index contributed by atoms with van der Waals surface area (Å²) in [4.78, 5) is 36.0. The van der Waals surface area contributed by atoms with E-state index in [0.29, 0.717) is 0 Å². The van der Waals surface area contributed by atoms with Gasteiger partial charge in [-0.15, -0.1) is 0 Å². The van der Waals surface area contributed by atoms with Crippen LogP contribution in [0.5, 0.6) is 0 Å². The quantitative estimate of drug-likeness (QED) is 0.327. The topological polar surface area (TPSA) is 154 Å². The number of carbonyl (C=O) groups excluding carboxylic acids is 3. The second kappa shape index (κ2) is 11.0. The van der Waals surface area contributed by atoms with Gasteiger partial charge in [0, 0.05) is 13.3 Å². The number of ether oxygens (including phenoxy) is 2. The normalized spacial score (nSPS) is 27.0. The van der Waals surface area contributed by atoms with Gasteiger partial charge in [0.15, 0.2) is 6.23 Å². The Labute approximate surface area is 174 Å². The Hall–Kier alpha value is -2.53. The molecular formula is C20H28N2O8. The molecule has 6 atom stereocenters. The Kier molecular flexibility index (Phi) is 8.72. The molecule has 2 rings (SSSR count). The summed E-state index contributed by atoms with van der Waals surface area (Å²) in [6.45, 7) is 2.24. The molecule has 1 aromatic rings. The summed E-state index contributed by atoms with van der Waals surface area (Å²) in [7, 11) is 0. The molecule has 10 heteroatoms. The van der Waals surface area contributed by atoms with E-state index in [4.69, 9.17) is 9.47 Å². The third-order valence-electron chi connectivity index (χ3n) is 4.72. The molecule has 0 saturated carbocycles. The number of aliphatic hydroxyl groups excluding tert-OH is 3. The predicted octanol–water partition coefficient (Wildman–Crippen LogP) is -1.18. The van der Waals surface area contributed by atoms with Crippen molar-refractivity contribution in [3.63, 3.8) is 0 Å². The average molecular weight is 424 g/mol. The van der Waals surface area contributed by atoms with Crippen molar-refractivity contribution in [2.75, 3.05) is 6.61 Å². The summed E-state index contributed by atoms with van der Waals surface area (Å²) < 4.78 is 10.6. The number of hydrogen-bond acceptors (Lipinski definition) is 8. The van der Waals surface area contributed by atoms with Crippen LogP contribution in [0.2, 0.25) is 0 Å². The second-order valence-corrected chi connectivity index (χ2v) is 7.25. The van der Waals surface area contributed by atoms with E-state index in [1.807, 2.05) is 30.3 Å². The van der Waals surface area contributed by atoms with Crippen LogP contribution >= 0.6 is 0 Å². The smallest absolute Gasteiger partial charge is 0.309 e. The van der Waals surface area contributed by atoms with Gasteiger partial charge in [-0.25, -0.2) is 0 Å². The lowest BCUT2D eigenvalue weighted by atomic mass is 9.95. The molecule has 5 unspecified atom stereocenters. The van der Waals surface area contributed by atoms with Crippen LogP contribution in [0.4, 0.5) is 0 Å². The van der Waals surface area contributed by atoms with Gasteiger partial charge >= 0.3 is 5.97 Å². The van der Waals surface area contributed by atoms with Gasteiger partial charge in [0.25, 0.3) is 0 Å². The van der Waals surface area contributed by atoms with Crippen molar-refractivity contribution in [1.29, 1.82) is 0 Å². The number of nitrogens with one attached hydrogen (secondary N) is 2. The predicted molar refractivity (Wildman–Crippen MR) is 104 cm³/mol. The van der Waals surface area contributed by atoms with Crippen molar-refractivity contribution < 1.29 is 39.2 Å². The molecule has 1 aliphatic heterocycles. The van der Waals surface area contributed by atoms with Gasteiger partial charge in [0.2, 0.25) is 11.8 Å². The van der Waals surface area contributed by atoms with E-state index in [1.54, 1.807) is 0 Å². The van der Waals surface area contributed by atoms with E-state index in [9.17, 15) is 29.7 Å². The van der Waals surface area contributed by atoms with E-state index in [0.717, 1.165) is 5.56 Å². The second-order valence-electron chi connectivity index (χ2n) is 7.25. The molecule has 166 valence electrons. The molecule has 0 aliphatic carbocycles. The minimum absolute atomic E-state index is 0.0875. The molecule has 2 amide bonds. The monoisotopic (exact) mass is 424 g/mol. The highest BCUT2D eigenvalue weighted by molar-refractivity contribution is 5.83. The molecule has 0 radical (unpaired) electrons.